The van der Waals surface area contributed by atoms with Crippen LogP contribution in [0.3, 0.4) is 0 Å². The van der Waals surface area contributed by atoms with Crippen molar-refractivity contribution in [2.75, 3.05) is 32.1 Å². The van der Waals surface area contributed by atoms with Gasteiger partial charge in [-0.1, -0.05) is 19.1 Å². The molecule has 2 aromatic rings. The van der Waals surface area contributed by atoms with Gasteiger partial charge in [-0.15, -0.1) is 11.3 Å². The molecule has 0 aliphatic heterocycles. The van der Waals surface area contributed by atoms with Crippen LogP contribution in [0.15, 0.2) is 40.8 Å². The summed E-state index contributed by atoms with van der Waals surface area (Å²) in [5, 5.41) is 8.87. The van der Waals surface area contributed by atoms with E-state index in [1.807, 2.05) is 31.3 Å². The Morgan fingerprint density at radius 1 is 1.29 bits per heavy atom. The molecule has 24 heavy (non-hydrogen) atoms. The van der Waals surface area contributed by atoms with Crippen LogP contribution in [-0.4, -0.2) is 38.1 Å². The molecule has 2 rings (SSSR count). The second kappa shape index (κ2) is 9.27. The van der Waals surface area contributed by atoms with Gasteiger partial charge in [-0.2, -0.15) is 0 Å². The van der Waals surface area contributed by atoms with E-state index in [1.54, 1.807) is 11.3 Å². The van der Waals surface area contributed by atoms with E-state index in [-0.39, 0.29) is 0 Å². The lowest BCUT2D eigenvalue weighted by Crippen LogP contribution is -2.39. The molecule has 0 aliphatic carbocycles. The molecule has 0 amide bonds. The van der Waals surface area contributed by atoms with Crippen molar-refractivity contribution in [3.8, 4) is 0 Å². The molecule has 0 fully saturated rings. The van der Waals surface area contributed by atoms with Crippen molar-refractivity contribution in [2.24, 2.45) is 4.99 Å². The average Bonchev–Trinajstić information content (AvgIpc) is 3.12. The minimum Gasteiger partial charge on any atom is -0.362 e. The van der Waals surface area contributed by atoms with Crippen molar-refractivity contribution in [2.45, 2.75) is 26.3 Å². The summed E-state index contributed by atoms with van der Waals surface area (Å²) in [6, 6.07) is 8.31. The van der Waals surface area contributed by atoms with Gasteiger partial charge < -0.3 is 15.5 Å². The molecule has 5 nitrogen and oxygen atoms in total. The molecule has 130 valence electrons. The van der Waals surface area contributed by atoms with Crippen LogP contribution in [0, 0.1) is 0 Å². The Kier molecular flexibility index (Phi) is 7.06. The van der Waals surface area contributed by atoms with Crippen molar-refractivity contribution in [3.63, 3.8) is 0 Å². The number of rotatable bonds is 7. The van der Waals surface area contributed by atoms with Crippen LogP contribution in [0.5, 0.6) is 0 Å². The summed E-state index contributed by atoms with van der Waals surface area (Å²) in [5.41, 5.74) is 1.12. The maximum absolute atomic E-state index is 4.71. The zero-order chi connectivity index (χ0) is 17.4. The van der Waals surface area contributed by atoms with E-state index in [0.717, 1.165) is 30.4 Å². The van der Waals surface area contributed by atoms with Crippen LogP contribution in [0.4, 0.5) is 5.82 Å². The topological polar surface area (TPSA) is 52.6 Å². The van der Waals surface area contributed by atoms with Gasteiger partial charge >= 0.3 is 0 Å². The highest BCUT2D eigenvalue weighted by atomic mass is 32.1. The lowest BCUT2D eigenvalue weighted by Gasteiger charge is -2.17. The molecule has 0 radical (unpaired) electrons. The molecule has 1 unspecified atom stereocenters. The van der Waals surface area contributed by atoms with E-state index in [0.29, 0.717) is 12.5 Å². The molecule has 0 saturated carbocycles. The molecule has 0 bridgehead atoms. The highest BCUT2D eigenvalue weighted by Crippen LogP contribution is 2.19. The van der Waals surface area contributed by atoms with Crippen molar-refractivity contribution in [1.82, 2.24) is 15.6 Å². The zero-order valence-corrected chi connectivity index (χ0v) is 15.7. The molecular formula is C18H27N5S. The maximum Gasteiger partial charge on any atom is 0.191 e. The standard InChI is InChI=1S/C18H27N5S/c1-5-19-18(21-12-14(2)16-9-7-11-24-16)22-13-15-8-6-10-20-17(15)23(3)4/h6-11,14H,5,12-13H2,1-4H3,(H2,19,21,22). The Labute approximate surface area is 148 Å². The first-order valence-electron chi connectivity index (χ1n) is 8.28. The monoisotopic (exact) mass is 345 g/mol. The van der Waals surface area contributed by atoms with E-state index < -0.39 is 0 Å². The number of pyridine rings is 1. The molecule has 1 atom stereocenters. The summed E-state index contributed by atoms with van der Waals surface area (Å²) >= 11 is 1.80. The van der Waals surface area contributed by atoms with Crippen LogP contribution >= 0.6 is 11.3 Å². The first-order valence-corrected chi connectivity index (χ1v) is 9.16. The van der Waals surface area contributed by atoms with Crippen LogP contribution in [0.1, 0.15) is 30.2 Å². The van der Waals surface area contributed by atoms with Gasteiger partial charge in [0.15, 0.2) is 5.96 Å². The Hall–Kier alpha value is -2.08. The van der Waals surface area contributed by atoms with Gasteiger partial charge in [-0.25, -0.2) is 9.98 Å². The Balaban J connectivity index is 2.00. The first-order chi connectivity index (χ1) is 11.6. The summed E-state index contributed by atoms with van der Waals surface area (Å²) in [4.78, 5) is 12.5. The fraction of sp³-hybridized carbons (Fsp3) is 0.444. The summed E-state index contributed by atoms with van der Waals surface area (Å²) in [6.45, 7) is 6.61. The lowest BCUT2D eigenvalue weighted by atomic mass is 10.1. The molecule has 2 heterocycles. The number of aliphatic imine (C=N–C) groups is 1. The largest absolute Gasteiger partial charge is 0.362 e. The zero-order valence-electron chi connectivity index (χ0n) is 14.9. The number of thiophene rings is 1. The van der Waals surface area contributed by atoms with Crippen molar-refractivity contribution in [3.05, 3.63) is 46.3 Å². The minimum atomic E-state index is 0.463. The average molecular weight is 346 g/mol. The summed E-state index contributed by atoms with van der Waals surface area (Å²) in [5.74, 6) is 2.27. The highest BCUT2D eigenvalue weighted by Gasteiger charge is 2.08. The van der Waals surface area contributed by atoms with Gasteiger partial charge in [0.05, 0.1) is 6.54 Å². The maximum atomic E-state index is 4.71. The number of nitrogens with zero attached hydrogens (tertiary/aromatic N) is 3. The van der Waals surface area contributed by atoms with Gasteiger partial charge in [0, 0.05) is 49.7 Å². The van der Waals surface area contributed by atoms with Crippen LogP contribution in [0.25, 0.3) is 0 Å². The second-order valence-corrected chi connectivity index (χ2v) is 6.85. The van der Waals surface area contributed by atoms with E-state index in [1.165, 1.54) is 4.88 Å². The second-order valence-electron chi connectivity index (χ2n) is 5.87. The van der Waals surface area contributed by atoms with E-state index in [9.17, 15) is 0 Å². The van der Waals surface area contributed by atoms with Gasteiger partial charge in [-0.3, -0.25) is 0 Å². The van der Waals surface area contributed by atoms with Gasteiger partial charge in [0.1, 0.15) is 5.82 Å². The molecular weight excluding hydrogens is 318 g/mol. The fourth-order valence-electron chi connectivity index (χ4n) is 2.38. The van der Waals surface area contributed by atoms with E-state index in [2.05, 4.69) is 53.0 Å². The van der Waals surface area contributed by atoms with Gasteiger partial charge in [0.25, 0.3) is 0 Å². The van der Waals surface area contributed by atoms with Gasteiger partial charge in [0.2, 0.25) is 0 Å². The third-order valence-electron chi connectivity index (χ3n) is 3.65. The first kappa shape index (κ1) is 18.3. The fourth-order valence-corrected chi connectivity index (χ4v) is 3.17. The third-order valence-corrected chi connectivity index (χ3v) is 4.75. The molecule has 2 N–H and O–H groups in total. The number of aromatic nitrogens is 1. The van der Waals surface area contributed by atoms with E-state index >= 15 is 0 Å². The molecule has 0 aliphatic rings. The molecule has 0 aromatic carbocycles. The summed E-state index contributed by atoms with van der Waals surface area (Å²) in [7, 11) is 4.00. The SMILES string of the molecule is CCNC(=NCc1cccnc1N(C)C)NCC(C)c1cccs1. The number of guanidine groups is 1. The minimum absolute atomic E-state index is 0.463. The van der Waals surface area contributed by atoms with Crippen molar-refractivity contribution in [1.29, 1.82) is 0 Å². The predicted molar refractivity (Wildman–Crippen MR) is 104 cm³/mol. The quantitative estimate of drug-likeness (QED) is 0.598. The molecule has 0 saturated heterocycles. The highest BCUT2D eigenvalue weighted by molar-refractivity contribution is 7.10. The number of hydrogen-bond acceptors (Lipinski definition) is 4. The number of nitrogens with one attached hydrogen (secondary N) is 2. The molecule has 2 aromatic heterocycles. The third kappa shape index (κ3) is 5.23. The normalized spacial score (nSPS) is 12.8. The Bertz CT molecular complexity index is 637. The van der Waals surface area contributed by atoms with Crippen LogP contribution < -0.4 is 15.5 Å². The molecule has 6 heteroatoms. The summed E-state index contributed by atoms with van der Waals surface area (Å²) in [6.07, 6.45) is 1.81. The smallest absolute Gasteiger partial charge is 0.191 e. The lowest BCUT2D eigenvalue weighted by molar-refractivity contribution is 0.709. The van der Waals surface area contributed by atoms with Crippen LogP contribution in [-0.2, 0) is 6.54 Å². The number of hydrogen-bond donors (Lipinski definition) is 2. The summed E-state index contributed by atoms with van der Waals surface area (Å²) < 4.78 is 0. The van der Waals surface area contributed by atoms with Crippen molar-refractivity contribution >= 4 is 23.1 Å². The predicted octanol–water partition coefficient (Wildman–Crippen LogP) is 3.07. The van der Waals surface area contributed by atoms with Crippen LogP contribution in [0.2, 0.25) is 0 Å². The van der Waals surface area contributed by atoms with E-state index in [4.69, 9.17) is 4.99 Å². The Morgan fingerprint density at radius 2 is 2.12 bits per heavy atom. The van der Waals surface area contributed by atoms with Gasteiger partial charge in [-0.05, 0) is 24.4 Å². The molecule has 0 spiro atoms. The van der Waals surface area contributed by atoms with Crippen molar-refractivity contribution < 1.29 is 0 Å². The number of anilines is 1. The Morgan fingerprint density at radius 3 is 2.79 bits per heavy atom.